The number of nitrogens with zero attached hydrogens (tertiary/aromatic N) is 1. The summed E-state index contributed by atoms with van der Waals surface area (Å²) in [4.78, 5) is 14.5. The Balaban J connectivity index is 2.32. The van der Waals surface area contributed by atoms with Gasteiger partial charge in [-0.1, -0.05) is 54.5 Å². The van der Waals surface area contributed by atoms with Gasteiger partial charge in [0.2, 0.25) is 0 Å². The minimum absolute atomic E-state index is 0.0562. The number of carbonyl (C=O) groups is 1. The molecule has 0 aromatic heterocycles. The highest BCUT2D eigenvalue weighted by Crippen LogP contribution is 2.31. The van der Waals surface area contributed by atoms with Crippen molar-refractivity contribution in [3.63, 3.8) is 0 Å². The minimum atomic E-state index is -3.07. The van der Waals surface area contributed by atoms with Crippen LogP contribution in [-0.4, -0.2) is 43.3 Å². The lowest BCUT2D eigenvalue weighted by atomic mass is 9.79. The van der Waals surface area contributed by atoms with E-state index in [-0.39, 0.29) is 22.5 Å². The van der Waals surface area contributed by atoms with E-state index in [1.807, 2.05) is 12.1 Å². The molecule has 1 aromatic rings. The predicted molar refractivity (Wildman–Crippen MR) is 103 cm³/mol. The molecule has 1 fully saturated rings. The van der Waals surface area contributed by atoms with E-state index in [4.69, 9.17) is 0 Å². The lowest BCUT2D eigenvalue weighted by molar-refractivity contribution is 0.0658. The van der Waals surface area contributed by atoms with Crippen LogP contribution in [0.4, 0.5) is 0 Å². The second-order valence-electron chi connectivity index (χ2n) is 9.08. The van der Waals surface area contributed by atoms with Gasteiger partial charge >= 0.3 is 0 Å². The number of hydrogen-bond acceptors (Lipinski definition) is 3. The van der Waals surface area contributed by atoms with Gasteiger partial charge in [-0.05, 0) is 34.1 Å². The molecule has 1 aliphatic rings. The third-order valence-corrected chi connectivity index (χ3v) is 7.08. The van der Waals surface area contributed by atoms with E-state index in [1.165, 1.54) is 0 Å². The van der Waals surface area contributed by atoms with Gasteiger partial charge in [-0.25, -0.2) is 8.42 Å². The van der Waals surface area contributed by atoms with Crippen molar-refractivity contribution in [1.29, 1.82) is 0 Å². The Kier molecular flexibility index (Phi) is 5.12. The maximum absolute atomic E-state index is 12.9. The lowest BCUT2D eigenvalue weighted by Gasteiger charge is -2.39. The van der Waals surface area contributed by atoms with Crippen molar-refractivity contribution in [3.8, 4) is 0 Å². The van der Waals surface area contributed by atoms with Crippen molar-refractivity contribution >= 4 is 15.7 Å². The van der Waals surface area contributed by atoms with E-state index in [9.17, 15) is 13.2 Å². The van der Waals surface area contributed by atoms with Gasteiger partial charge < -0.3 is 4.90 Å². The smallest absolute Gasteiger partial charge is 0.253 e. The van der Waals surface area contributed by atoms with Gasteiger partial charge in [0, 0.05) is 24.4 Å². The molecule has 5 heteroatoms. The highest BCUT2D eigenvalue weighted by atomic mass is 32.2. The number of rotatable bonds is 3. The lowest BCUT2D eigenvalue weighted by Crippen LogP contribution is -2.57. The van der Waals surface area contributed by atoms with Crippen LogP contribution < -0.4 is 0 Å². The summed E-state index contributed by atoms with van der Waals surface area (Å²) in [6, 6.07) is 6.09. The van der Waals surface area contributed by atoms with Crippen LogP contribution in [0.1, 0.15) is 70.0 Å². The number of benzene rings is 1. The topological polar surface area (TPSA) is 54.5 Å². The molecule has 0 spiro atoms. The SMILES string of the molecule is CCS(=O)(=O)C1CN(C(=O)c2cc(C(C)(C)C)cc(C(C)(C)C)c2)C1. The summed E-state index contributed by atoms with van der Waals surface area (Å²) < 4.78 is 23.8. The average molecular weight is 366 g/mol. The van der Waals surface area contributed by atoms with Crippen molar-refractivity contribution in [1.82, 2.24) is 4.90 Å². The van der Waals surface area contributed by atoms with Gasteiger partial charge in [0.15, 0.2) is 9.84 Å². The van der Waals surface area contributed by atoms with E-state index in [1.54, 1.807) is 11.8 Å². The molecule has 0 unspecified atom stereocenters. The molecule has 1 aliphatic heterocycles. The molecule has 1 saturated heterocycles. The highest BCUT2D eigenvalue weighted by molar-refractivity contribution is 7.92. The number of sulfone groups is 1. The summed E-state index contributed by atoms with van der Waals surface area (Å²) in [6.07, 6.45) is 0. The molecule has 0 N–H and O–H groups in total. The zero-order valence-corrected chi connectivity index (χ0v) is 17.3. The third-order valence-electron chi connectivity index (χ3n) is 4.96. The van der Waals surface area contributed by atoms with Gasteiger partial charge in [0.05, 0.1) is 5.25 Å². The van der Waals surface area contributed by atoms with E-state index < -0.39 is 15.1 Å². The number of carbonyl (C=O) groups excluding carboxylic acids is 1. The second-order valence-corrected chi connectivity index (χ2v) is 11.7. The molecular formula is C20H31NO3S. The fourth-order valence-corrected chi connectivity index (χ4v) is 4.15. The standard InChI is InChI=1S/C20H31NO3S/c1-8-25(23,24)17-12-21(13-17)18(22)14-9-15(19(2,3)4)11-16(10-14)20(5,6)7/h9-11,17H,8,12-13H2,1-7H3. The van der Waals surface area contributed by atoms with Crippen molar-refractivity contribution in [3.05, 3.63) is 34.9 Å². The molecule has 1 amide bonds. The van der Waals surface area contributed by atoms with Crippen molar-refractivity contribution in [2.24, 2.45) is 0 Å². The average Bonchev–Trinajstić information content (AvgIpc) is 2.43. The first kappa shape index (κ1) is 20.0. The maximum Gasteiger partial charge on any atom is 0.253 e. The van der Waals surface area contributed by atoms with Crippen LogP contribution in [0.25, 0.3) is 0 Å². The Morgan fingerprint density at radius 1 is 1.00 bits per heavy atom. The van der Waals surface area contributed by atoms with Crippen LogP contribution in [0.15, 0.2) is 18.2 Å². The summed E-state index contributed by atoms with van der Waals surface area (Å²) in [7, 11) is -3.07. The van der Waals surface area contributed by atoms with Crippen LogP contribution in [0.5, 0.6) is 0 Å². The van der Waals surface area contributed by atoms with Crippen LogP contribution >= 0.6 is 0 Å². The third kappa shape index (κ3) is 4.25. The highest BCUT2D eigenvalue weighted by Gasteiger charge is 2.39. The Morgan fingerprint density at radius 3 is 1.80 bits per heavy atom. The number of likely N-dealkylation sites (tertiary alicyclic amines) is 1. The molecule has 4 nitrogen and oxygen atoms in total. The Labute approximate surface area is 152 Å². The monoisotopic (exact) mass is 365 g/mol. The van der Waals surface area contributed by atoms with Crippen molar-refractivity contribution in [2.45, 2.75) is 64.5 Å². The van der Waals surface area contributed by atoms with E-state index in [0.29, 0.717) is 18.7 Å². The predicted octanol–water partition coefficient (Wildman–Crippen LogP) is 3.54. The first-order valence-electron chi connectivity index (χ1n) is 8.92. The molecule has 2 rings (SSSR count). The molecule has 140 valence electrons. The van der Waals surface area contributed by atoms with Crippen molar-refractivity contribution < 1.29 is 13.2 Å². The molecule has 0 aliphatic carbocycles. The van der Waals surface area contributed by atoms with Gasteiger partial charge in [-0.2, -0.15) is 0 Å². The first-order valence-corrected chi connectivity index (χ1v) is 10.6. The molecule has 1 heterocycles. The summed E-state index contributed by atoms with van der Waals surface area (Å²) in [5.74, 6) is 0.0621. The minimum Gasteiger partial charge on any atom is -0.336 e. The first-order chi connectivity index (χ1) is 11.3. The summed E-state index contributed by atoms with van der Waals surface area (Å²) in [5.41, 5.74) is 2.80. The van der Waals surface area contributed by atoms with Crippen LogP contribution in [0.2, 0.25) is 0 Å². The normalized spacial score (nSPS) is 16.7. The van der Waals surface area contributed by atoms with E-state index in [0.717, 1.165) is 11.1 Å². The molecule has 1 aromatic carbocycles. The quantitative estimate of drug-likeness (QED) is 0.823. The van der Waals surface area contributed by atoms with Crippen molar-refractivity contribution in [2.75, 3.05) is 18.8 Å². The van der Waals surface area contributed by atoms with E-state index >= 15 is 0 Å². The van der Waals surface area contributed by atoms with E-state index in [2.05, 4.69) is 47.6 Å². The number of amides is 1. The summed E-state index contributed by atoms with van der Waals surface area (Å²) in [6.45, 7) is 15.1. The molecule has 0 radical (unpaired) electrons. The Bertz CT molecular complexity index is 729. The summed E-state index contributed by atoms with van der Waals surface area (Å²) in [5, 5.41) is -0.408. The van der Waals surface area contributed by atoms with Crippen LogP contribution in [-0.2, 0) is 20.7 Å². The molecule has 0 bridgehead atoms. The van der Waals surface area contributed by atoms with Gasteiger partial charge in [-0.3, -0.25) is 4.79 Å². The van der Waals surface area contributed by atoms with Gasteiger partial charge in [0.1, 0.15) is 0 Å². The fraction of sp³-hybridized carbons (Fsp3) is 0.650. The second kappa shape index (κ2) is 6.42. The Hall–Kier alpha value is -1.36. The fourth-order valence-electron chi connectivity index (χ4n) is 2.87. The van der Waals surface area contributed by atoms with Gasteiger partial charge in [-0.15, -0.1) is 0 Å². The maximum atomic E-state index is 12.9. The molecular weight excluding hydrogens is 334 g/mol. The van der Waals surface area contributed by atoms with Crippen LogP contribution in [0.3, 0.4) is 0 Å². The van der Waals surface area contributed by atoms with Gasteiger partial charge in [0.25, 0.3) is 5.91 Å². The zero-order chi connectivity index (χ0) is 19.2. The zero-order valence-electron chi connectivity index (χ0n) is 16.5. The Morgan fingerprint density at radius 2 is 1.44 bits per heavy atom. The molecule has 25 heavy (non-hydrogen) atoms. The van der Waals surface area contributed by atoms with Crippen LogP contribution in [0, 0.1) is 0 Å². The summed E-state index contributed by atoms with van der Waals surface area (Å²) >= 11 is 0. The number of hydrogen-bond donors (Lipinski definition) is 0. The largest absolute Gasteiger partial charge is 0.336 e. The molecule has 0 atom stereocenters. The molecule has 0 saturated carbocycles.